The Kier molecular flexibility index (Phi) is 6.12. The van der Waals surface area contributed by atoms with Crippen LogP contribution in [0.2, 0.25) is 0 Å². The van der Waals surface area contributed by atoms with Crippen molar-refractivity contribution in [2.45, 2.75) is 57.2 Å². The van der Waals surface area contributed by atoms with Crippen molar-refractivity contribution < 1.29 is 13.2 Å². The number of piperidine rings is 1. The van der Waals surface area contributed by atoms with Gasteiger partial charge >= 0.3 is 0 Å². The summed E-state index contributed by atoms with van der Waals surface area (Å²) >= 11 is 0. The number of allylic oxidation sites excluding steroid dienone is 1. The topological polar surface area (TPSA) is 95.7 Å². The van der Waals surface area contributed by atoms with Crippen molar-refractivity contribution >= 4 is 22.1 Å². The van der Waals surface area contributed by atoms with E-state index in [1.165, 1.54) is 4.31 Å². The van der Waals surface area contributed by atoms with Crippen molar-refractivity contribution in [3.8, 4) is 0 Å². The number of hydrogen-bond acceptors (Lipinski definition) is 5. The van der Waals surface area contributed by atoms with Gasteiger partial charge in [-0.3, -0.25) is 9.10 Å². The molecule has 2 atom stereocenters. The lowest BCUT2D eigenvalue weighted by atomic mass is 9.75. The fraction of sp³-hybridized carbons (Fsp3) is 0.522. The maximum Gasteiger partial charge on any atom is 0.235 e. The van der Waals surface area contributed by atoms with Crippen molar-refractivity contribution in [2.24, 2.45) is 5.73 Å². The molecule has 2 unspecified atom stereocenters. The average molecular weight is 445 g/mol. The molecule has 1 aromatic carbocycles. The van der Waals surface area contributed by atoms with E-state index in [9.17, 15) is 13.2 Å². The zero-order valence-electron chi connectivity index (χ0n) is 18.1. The number of nitrogens with one attached hydrogen (secondary N) is 1. The molecule has 8 heteroatoms. The smallest absolute Gasteiger partial charge is 0.235 e. The molecule has 1 aromatic rings. The number of carbonyl (C=O) groups is 1. The van der Waals surface area contributed by atoms with Gasteiger partial charge in [0.25, 0.3) is 0 Å². The molecule has 0 saturated carbocycles. The van der Waals surface area contributed by atoms with Crippen molar-refractivity contribution in [3.63, 3.8) is 0 Å². The molecule has 0 radical (unpaired) electrons. The highest BCUT2D eigenvalue weighted by Gasteiger charge is 2.44. The molecule has 168 valence electrons. The van der Waals surface area contributed by atoms with Gasteiger partial charge < -0.3 is 16.0 Å². The molecular weight excluding hydrogens is 412 g/mol. The molecule has 2 heterocycles. The number of carbonyl (C=O) groups excluding carboxylic acids is 1. The number of nitrogens with two attached hydrogens (primary N) is 1. The number of rotatable bonds is 6. The fourth-order valence-corrected chi connectivity index (χ4v) is 6.97. The van der Waals surface area contributed by atoms with E-state index in [1.807, 2.05) is 31.2 Å². The minimum Gasteiger partial charge on any atom is -0.366 e. The number of benzene rings is 1. The van der Waals surface area contributed by atoms with Gasteiger partial charge in [0, 0.05) is 25.3 Å². The van der Waals surface area contributed by atoms with Crippen LogP contribution in [0.1, 0.15) is 44.6 Å². The third-order valence-electron chi connectivity index (χ3n) is 6.80. The van der Waals surface area contributed by atoms with Gasteiger partial charge in [0.15, 0.2) is 0 Å². The molecule has 3 aliphatic rings. The number of amides is 1. The van der Waals surface area contributed by atoms with Gasteiger partial charge in [-0.15, -0.1) is 0 Å². The summed E-state index contributed by atoms with van der Waals surface area (Å²) in [5, 5.41) is 3.12. The first-order chi connectivity index (χ1) is 14.9. The molecule has 2 saturated heterocycles. The van der Waals surface area contributed by atoms with Crippen molar-refractivity contribution in [3.05, 3.63) is 53.3 Å². The van der Waals surface area contributed by atoms with Crippen molar-refractivity contribution in [1.82, 2.24) is 9.62 Å². The van der Waals surface area contributed by atoms with Gasteiger partial charge in [0.2, 0.25) is 16.4 Å². The molecule has 0 aromatic heterocycles. The second-order valence-corrected chi connectivity index (χ2v) is 10.8. The average Bonchev–Trinajstić information content (AvgIpc) is 3.13. The number of hydrogen-bond donors (Lipinski definition) is 2. The van der Waals surface area contributed by atoms with Gasteiger partial charge in [-0.1, -0.05) is 18.2 Å². The number of sulfonamides is 1. The Balaban J connectivity index is 1.69. The summed E-state index contributed by atoms with van der Waals surface area (Å²) in [5.74, 6) is 0.198. The van der Waals surface area contributed by atoms with Gasteiger partial charge in [-0.25, -0.2) is 8.42 Å². The van der Waals surface area contributed by atoms with Crippen LogP contribution in [0.3, 0.4) is 0 Å². The summed E-state index contributed by atoms with van der Waals surface area (Å²) in [6, 6.07) is 8.36. The zero-order valence-corrected chi connectivity index (χ0v) is 18.9. The van der Waals surface area contributed by atoms with E-state index in [4.69, 9.17) is 5.73 Å². The number of anilines is 1. The van der Waals surface area contributed by atoms with E-state index < -0.39 is 15.6 Å². The minimum absolute atomic E-state index is 0.0717. The molecule has 7 nitrogen and oxygen atoms in total. The highest BCUT2D eigenvalue weighted by Crippen LogP contribution is 2.39. The van der Waals surface area contributed by atoms with Crippen LogP contribution in [0.25, 0.3) is 0 Å². The molecule has 1 amide bonds. The van der Waals surface area contributed by atoms with Crippen molar-refractivity contribution in [2.75, 3.05) is 23.7 Å². The van der Waals surface area contributed by atoms with Crippen LogP contribution in [-0.2, 0) is 21.4 Å². The van der Waals surface area contributed by atoms with E-state index in [1.54, 1.807) is 0 Å². The maximum atomic E-state index is 12.5. The first kappa shape index (κ1) is 21.9. The normalized spacial score (nSPS) is 28.1. The Morgan fingerprint density at radius 3 is 2.77 bits per heavy atom. The molecule has 2 aliphatic heterocycles. The van der Waals surface area contributed by atoms with E-state index in [0.29, 0.717) is 25.9 Å². The van der Waals surface area contributed by atoms with E-state index >= 15 is 0 Å². The van der Waals surface area contributed by atoms with Crippen LogP contribution >= 0.6 is 0 Å². The highest BCUT2D eigenvalue weighted by atomic mass is 32.2. The molecule has 0 bridgehead atoms. The monoisotopic (exact) mass is 444 g/mol. The minimum atomic E-state index is -3.24. The summed E-state index contributed by atoms with van der Waals surface area (Å²) < 4.78 is 26.5. The molecule has 3 N–H and O–H groups in total. The summed E-state index contributed by atoms with van der Waals surface area (Å²) in [6.07, 6.45) is 9.07. The number of nitrogens with zero attached hydrogens (tertiary/aromatic N) is 2. The molecule has 2 fully saturated rings. The molecular formula is C23H32N4O3S. The first-order valence-corrected chi connectivity index (χ1v) is 12.7. The Labute approximate surface area is 185 Å². The predicted octanol–water partition coefficient (Wildman–Crippen LogP) is 2.26. The van der Waals surface area contributed by atoms with Crippen molar-refractivity contribution in [1.29, 1.82) is 0 Å². The van der Waals surface area contributed by atoms with Crippen LogP contribution < -0.4 is 16.0 Å². The van der Waals surface area contributed by atoms with Gasteiger partial charge in [0.05, 0.1) is 23.0 Å². The van der Waals surface area contributed by atoms with Crippen LogP contribution in [0.15, 0.2) is 47.7 Å². The van der Waals surface area contributed by atoms with E-state index in [0.717, 1.165) is 54.7 Å². The standard InChI is InChI=1S/C23H32N4O3S/c1-18-15-23(25-17-28,10-9-21(18)27-12-5-13-31(27,29)30)22-8-2-3-11-26(22)20-7-4-6-19(14-20)16-24/h4,6-7,9-10,14,17,22H,2-3,5,8,11-13,15-16,24H2,1H3,(H,25,28). The maximum absolute atomic E-state index is 12.5. The third kappa shape index (κ3) is 4.11. The summed E-state index contributed by atoms with van der Waals surface area (Å²) in [6.45, 7) is 3.90. The van der Waals surface area contributed by atoms with Gasteiger partial charge in [0.1, 0.15) is 0 Å². The third-order valence-corrected chi connectivity index (χ3v) is 8.66. The molecule has 31 heavy (non-hydrogen) atoms. The molecule has 1 aliphatic carbocycles. The largest absolute Gasteiger partial charge is 0.366 e. The summed E-state index contributed by atoms with van der Waals surface area (Å²) in [7, 11) is -3.24. The Hall–Kier alpha value is -2.32. The van der Waals surface area contributed by atoms with Crippen LogP contribution in [-0.4, -0.2) is 49.6 Å². The zero-order chi connectivity index (χ0) is 22.1. The Bertz CT molecular complexity index is 1000. The highest BCUT2D eigenvalue weighted by molar-refractivity contribution is 7.89. The summed E-state index contributed by atoms with van der Waals surface area (Å²) in [5.41, 5.74) is 9.22. The second kappa shape index (κ2) is 8.67. The van der Waals surface area contributed by atoms with E-state index in [-0.39, 0.29) is 11.8 Å². The van der Waals surface area contributed by atoms with Crippen LogP contribution in [0, 0.1) is 0 Å². The van der Waals surface area contributed by atoms with Gasteiger partial charge in [-0.05, 0) is 68.4 Å². The predicted molar refractivity (Wildman–Crippen MR) is 123 cm³/mol. The lowest BCUT2D eigenvalue weighted by Gasteiger charge is -2.49. The fourth-order valence-electron chi connectivity index (χ4n) is 5.34. The molecule has 0 spiro atoms. The van der Waals surface area contributed by atoms with Crippen LogP contribution in [0.4, 0.5) is 5.69 Å². The lowest BCUT2D eigenvalue weighted by Crippen LogP contribution is -2.62. The van der Waals surface area contributed by atoms with Crippen LogP contribution in [0.5, 0.6) is 0 Å². The lowest BCUT2D eigenvalue weighted by molar-refractivity contribution is -0.111. The van der Waals surface area contributed by atoms with Gasteiger partial charge in [-0.2, -0.15) is 0 Å². The Morgan fingerprint density at radius 2 is 2.10 bits per heavy atom. The quantitative estimate of drug-likeness (QED) is 0.656. The van der Waals surface area contributed by atoms with E-state index in [2.05, 4.69) is 22.3 Å². The Morgan fingerprint density at radius 1 is 1.26 bits per heavy atom. The first-order valence-electron chi connectivity index (χ1n) is 11.1. The molecule has 4 rings (SSSR count). The summed E-state index contributed by atoms with van der Waals surface area (Å²) in [4.78, 5) is 14.1. The second-order valence-electron chi connectivity index (χ2n) is 8.80. The SMILES string of the molecule is CC1=C(N2CCCS2(=O)=O)C=CC(NC=O)(C2CCCCN2c2cccc(CN)c2)C1.